The van der Waals surface area contributed by atoms with Crippen LogP contribution in [0, 0.1) is 0 Å². The quantitative estimate of drug-likeness (QED) is 0.669. The molecule has 0 unspecified atom stereocenters. The Morgan fingerprint density at radius 2 is 2.13 bits per heavy atom. The molecule has 1 saturated heterocycles. The van der Waals surface area contributed by atoms with Crippen molar-refractivity contribution in [1.29, 1.82) is 0 Å². The Morgan fingerprint density at radius 3 is 2.67 bits per heavy atom. The smallest absolute Gasteiger partial charge is 0.407 e. The molecule has 2 N–H and O–H groups in total. The van der Waals surface area contributed by atoms with Gasteiger partial charge in [-0.3, -0.25) is 4.90 Å². The maximum atomic E-state index is 10.7. The molecule has 88 valence electrons. The molecule has 1 amide bonds. The van der Waals surface area contributed by atoms with Crippen molar-refractivity contribution in [3.63, 3.8) is 0 Å². The predicted molar refractivity (Wildman–Crippen MR) is 57.0 cm³/mol. The molecule has 0 aromatic heterocycles. The molecule has 1 aliphatic rings. The Kier molecular flexibility index (Phi) is 4.84. The molecule has 1 atom stereocenters. The van der Waals surface area contributed by atoms with Gasteiger partial charge in [0.25, 0.3) is 0 Å². The van der Waals surface area contributed by atoms with Crippen LogP contribution in [-0.2, 0) is 0 Å². The van der Waals surface area contributed by atoms with Crippen molar-refractivity contribution < 1.29 is 15.0 Å². The summed E-state index contributed by atoms with van der Waals surface area (Å²) >= 11 is 0. The molecule has 0 saturated carbocycles. The van der Waals surface area contributed by atoms with E-state index in [0.717, 1.165) is 25.9 Å². The summed E-state index contributed by atoms with van der Waals surface area (Å²) in [6, 6.07) is 0.286. The number of unbranched alkanes of at least 4 members (excludes halogenated alkanes) is 1. The van der Waals surface area contributed by atoms with Gasteiger partial charge in [-0.1, -0.05) is 0 Å². The predicted octanol–water partition coefficient (Wildman–Crippen LogP) is 0.443. The number of aliphatic hydroxyl groups is 1. The first-order valence-electron chi connectivity index (χ1n) is 5.48. The molecule has 15 heavy (non-hydrogen) atoms. The molecule has 0 aliphatic carbocycles. The Labute approximate surface area is 90.3 Å². The lowest BCUT2D eigenvalue weighted by molar-refractivity contribution is 0.0736. The number of hydrogen-bond acceptors (Lipinski definition) is 3. The summed E-state index contributed by atoms with van der Waals surface area (Å²) in [5.41, 5.74) is 0. The molecule has 1 rings (SSSR count). The Morgan fingerprint density at radius 1 is 1.40 bits per heavy atom. The topological polar surface area (TPSA) is 64.0 Å². The standard InChI is InChI=1S/C10H20N2O3/c1-9-8-12(10(14)15)6-5-11(9)4-2-3-7-13/h9,13H,2-8H2,1H3,(H,14,15)/t9-/m0/s1. The first-order chi connectivity index (χ1) is 7.15. The van der Waals surface area contributed by atoms with Gasteiger partial charge < -0.3 is 15.1 Å². The maximum Gasteiger partial charge on any atom is 0.407 e. The fourth-order valence-electron chi connectivity index (χ4n) is 1.93. The summed E-state index contributed by atoms with van der Waals surface area (Å²) in [6.07, 6.45) is 0.983. The lowest BCUT2D eigenvalue weighted by atomic mass is 10.2. The zero-order chi connectivity index (χ0) is 11.3. The average molecular weight is 216 g/mol. The van der Waals surface area contributed by atoms with Crippen LogP contribution in [0.25, 0.3) is 0 Å². The SMILES string of the molecule is C[C@H]1CN(C(=O)O)CCN1CCCCO. The molecule has 0 radical (unpaired) electrons. The average Bonchev–Trinajstić information content (AvgIpc) is 2.20. The zero-order valence-corrected chi connectivity index (χ0v) is 9.22. The summed E-state index contributed by atoms with van der Waals surface area (Å²) in [5, 5.41) is 17.5. The fraction of sp³-hybridized carbons (Fsp3) is 0.900. The summed E-state index contributed by atoms with van der Waals surface area (Å²) in [6.45, 7) is 5.23. The van der Waals surface area contributed by atoms with E-state index >= 15 is 0 Å². The van der Waals surface area contributed by atoms with Crippen LogP contribution in [0.15, 0.2) is 0 Å². The number of amides is 1. The van der Waals surface area contributed by atoms with E-state index in [0.29, 0.717) is 13.1 Å². The minimum absolute atomic E-state index is 0.240. The molecule has 0 aromatic carbocycles. The number of carboxylic acid groups (broad SMARTS) is 1. The Hall–Kier alpha value is -0.810. The molecular weight excluding hydrogens is 196 g/mol. The van der Waals surface area contributed by atoms with Gasteiger partial charge in [0.2, 0.25) is 0 Å². The van der Waals surface area contributed by atoms with Crippen molar-refractivity contribution in [2.75, 3.05) is 32.8 Å². The van der Waals surface area contributed by atoms with Gasteiger partial charge in [-0.2, -0.15) is 0 Å². The lowest BCUT2D eigenvalue weighted by Gasteiger charge is -2.38. The van der Waals surface area contributed by atoms with Crippen LogP contribution in [0.1, 0.15) is 19.8 Å². The van der Waals surface area contributed by atoms with Crippen molar-refractivity contribution in [1.82, 2.24) is 9.80 Å². The van der Waals surface area contributed by atoms with Crippen LogP contribution in [0.2, 0.25) is 0 Å². The summed E-state index contributed by atoms with van der Waals surface area (Å²) < 4.78 is 0. The lowest BCUT2D eigenvalue weighted by Crippen LogP contribution is -2.53. The van der Waals surface area contributed by atoms with Crippen LogP contribution in [0.3, 0.4) is 0 Å². The van der Waals surface area contributed by atoms with Gasteiger partial charge in [0.1, 0.15) is 0 Å². The Balaban J connectivity index is 2.29. The first-order valence-corrected chi connectivity index (χ1v) is 5.48. The Bertz CT molecular complexity index is 211. The molecular formula is C10H20N2O3. The minimum Gasteiger partial charge on any atom is -0.465 e. The van der Waals surface area contributed by atoms with E-state index in [4.69, 9.17) is 10.2 Å². The van der Waals surface area contributed by atoms with Gasteiger partial charge in [-0.05, 0) is 26.3 Å². The van der Waals surface area contributed by atoms with E-state index in [1.54, 1.807) is 0 Å². The van der Waals surface area contributed by atoms with Gasteiger partial charge >= 0.3 is 6.09 Å². The number of nitrogens with zero attached hydrogens (tertiary/aromatic N) is 2. The molecule has 0 aromatic rings. The van der Waals surface area contributed by atoms with Gasteiger partial charge in [0.15, 0.2) is 0 Å². The van der Waals surface area contributed by atoms with Crippen LogP contribution in [0.5, 0.6) is 0 Å². The third-order valence-corrected chi connectivity index (χ3v) is 2.89. The van der Waals surface area contributed by atoms with Gasteiger partial charge in [0, 0.05) is 32.3 Å². The monoisotopic (exact) mass is 216 g/mol. The van der Waals surface area contributed by atoms with Gasteiger partial charge in [-0.25, -0.2) is 4.79 Å². The first kappa shape index (κ1) is 12.3. The van der Waals surface area contributed by atoms with Crippen molar-refractivity contribution >= 4 is 6.09 Å². The van der Waals surface area contributed by atoms with Crippen LogP contribution in [-0.4, -0.2) is 64.9 Å². The van der Waals surface area contributed by atoms with Crippen molar-refractivity contribution in [2.24, 2.45) is 0 Å². The van der Waals surface area contributed by atoms with E-state index in [-0.39, 0.29) is 12.6 Å². The second-order valence-corrected chi connectivity index (χ2v) is 4.04. The van der Waals surface area contributed by atoms with Gasteiger partial charge in [0.05, 0.1) is 0 Å². The molecule has 1 aliphatic heterocycles. The highest BCUT2D eigenvalue weighted by molar-refractivity contribution is 5.65. The highest BCUT2D eigenvalue weighted by atomic mass is 16.4. The molecule has 5 nitrogen and oxygen atoms in total. The van der Waals surface area contributed by atoms with Crippen LogP contribution < -0.4 is 0 Å². The largest absolute Gasteiger partial charge is 0.465 e. The summed E-state index contributed by atoms with van der Waals surface area (Å²) in [4.78, 5) is 14.5. The number of rotatable bonds is 4. The summed E-state index contributed by atoms with van der Waals surface area (Å²) in [7, 11) is 0. The van der Waals surface area contributed by atoms with E-state index in [9.17, 15) is 4.79 Å². The van der Waals surface area contributed by atoms with Crippen molar-refractivity contribution in [3.8, 4) is 0 Å². The highest BCUT2D eigenvalue weighted by Crippen LogP contribution is 2.10. The van der Waals surface area contributed by atoms with E-state index < -0.39 is 6.09 Å². The fourth-order valence-corrected chi connectivity index (χ4v) is 1.93. The van der Waals surface area contributed by atoms with Crippen LogP contribution in [0.4, 0.5) is 4.79 Å². The van der Waals surface area contributed by atoms with E-state index in [1.807, 2.05) is 6.92 Å². The molecule has 1 heterocycles. The van der Waals surface area contributed by atoms with Crippen molar-refractivity contribution in [2.45, 2.75) is 25.8 Å². The third-order valence-electron chi connectivity index (χ3n) is 2.89. The summed E-state index contributed by atoms with van der Waals surface area (Å²) in [5.74, 6) is 0. The van der Waals surface area contributed by atoms with E-state index in [1.165, 1.54) is 4.90 Å². The highest BCUT2D eigenvalue weighted by Gasteiger charge is 2.25. The number of hydrogen-bond donors (Lipinski definition) is 2. The second-order valence-electron chi connectivity index (χ2n) is 4.04. The van der Waals surface area contributed by atoms with Crippen molar-refractivity contribution in [3.05, 3.63) is 0 Å². The maximum absolute atomic E-state index is 10.7. The number of piperazine rings is 1. The third kappa shape index (κ3) is 3.68. The van der Waals surface area contributed by atoms with Gasteiger partial charge in [-0.15, -0.1) is 0 Å². The second kappa shape index (κ2) is 5.92. The molecule has 0 bridgehead atoms. The normalized spacial score (nSPS) is 23.1. The molecule has 1 fully saturated rings. The van der Waals surface area contributed by atoms with Crippen LogP contribution >= 0.6 is 0 Å². The molecule has 5 heteroatoms. The number of carbonyl (C=O) groups is 1. The minimum atomic E-state index is -0.822. The molecule has 0 spiro atoms. The number of aliphatic hydroxyl groups excluding tert-OH is 1. The van der Waals surface area contributed by atoms with E-state index in [2.05, 4.69) is 4.90 Å². The zero-order valence-electron chi connectivity index (χ0n) is 9.22.